The molecule has 2 N–H and O–H groups in total. The summed E-state index contributed by atoms with van der Waals surface area (Å²) < 4.78 is 5.13. The van der Waals surface area contributed by atoms with Gasteiger partial charge in [-0.25, -0.2) is 19.7 Å². The molecule has 4 aromatic rings. The predicted molar refractivity (Wildman–Crippen MR) is 131 cm³/mol. The van der Waals surface area contributed by atoms with Gasteiger partial charge in [-0.3, -0.25) is 4.79 Å². The molecule has 0 bridgehead atoms. The maximum absolute atomic E-state index is 12.6. The average molecular weight is 496 g/mol. The van der Waals surface area contributed by atoms with Crippen LogP contribution in [0.25, 0.3) is 22.2 Å². The highest BCUT2D eigenvalue weighted by atomic mass is 35.5. The fourth-order valence-corrected chi connectivity index (χ4v) is 3.79. The van der Waals surface area contributed by atoms with E-state index < -0.39 is 12.0 Å². The summed E-state index contributed by atoms with van der Waals surface area (Å²) >= 11 is 12.8. The predicted octanol–water partition coefficient (Wildman–Crippen LogP) is 5.17. The first-order chi connectivity index (χ1) is 16.4. The number of carbonyl (C=O) groups excluding carboxylic acids is 2. The van der Waals surface area contributed by atoms with E-state index in [1.807, 2.05) is 30.3 Å². The van der Waals surface area contributed by atoms with E-state index in [1.54, 1.807) is 37.4 Å². The number of aryl methyl sites for hydroxylation is 1. The summed E-state index contributed by atoms with van der Waals surface area (Å²) in [6.45, 7) is 1.50. The lowest BCUT2D eigenvalue weighted by molar-refractivity contribution is -0.115. The Hall–Kier alpha value is -3.75. The molecule has 0 aliphatic heterocycles. The topological polar surface area (TPSA) is 106 Å². The van der Waals surface area contributed by atoms with Crippen LogP contribution in [0.2, 0.25) is 10.0 Å². The first-order valence-corrected chi connectivity index (χ1v) is 11.0. The van der Waals surface area contributed by atoms with Crippen LogP contribution in [0.5, 0.6) is 0 Å². The van der Waals surface area contributed by atoms with Crippen molar-refractivity contribution < 1.29 is 14.3 Å². The highest BCUT2D eigenvalue weighted by Crippen LogP contribution is 2.39. The minimum absolute atomic E-state index is 0.0920. The third-order valence-corrected chi connectivity index (χ3v) is 5.41. The van der Waals surface area contributed by atoms with Crippen molar-refractivity contribution in [1.82, 2.24) is 20.3 Å². The number of amides is 2. The van der Waals surface area contributed by atoms with Gasteiger partial charge in [0.15, 0.2) is 5.65 Å². The number of nitrogens with zero attached hydrogens (tertiary/aromatic N) is 3. The van der Waals surface area contributed by atoms with Crippen molar-refractivity contribution in [3.05, 3.63) is 82.2 Å². The lowest BCUT2D eigenvalue weighted by atomic mass is 10.0. The normalized spacial score (nSPS) is 10.7. The first-order valence-electron chi connectivity index (χ1n) is 10.2. The van der Waals surface area contributed by atoms with E-state index in [-0.39, 0.29) is 19.0 Å². The zero-order valence-electron chi connectivity index (χ0n) is 18.0. The molecule has 10 heteroatoms. The van der Waals surface area contributed by atoms with E-state index in [0.717, 1.165) is 5.56 Å². The minimum atomic E-state index is -0.719. The van der Waals surface area contributed by atoms with Crippen molar-refractivity contribution in [3.63, 3.8) is 0 Å². The molecule has 0 saturated carbocycles. The summed E-state index contributed by atoms with van der Waals surface area (Å²) in [4.78, 5) is 37.6. The second-order valence-corrected chi connectivity index (χ2v) is 8.09. The second-order valence-electron chi connectivity index (χ2n) is 7.27. The number of pyridine rings is 1. The van der Waals surface area contributed by atoms with Gasteiger partial charge in [0.1, 0.15) is 24.8 Å². The maximum Gasteiger partial charge on any atom is 0.407 e. The summed E-state index contributed by atoms with van der Waals surface area (Å²) in [5.41, 5.74) is 2.23. The van der Waals surface area contributed by atoms with Gasteiger partial charge in [-0.2, -0.15) is 0 Å². The van der Waals surface area contributed by atoms with Crippen LogP contribution >= 0.6 is 23.2 Å². The van der Waals surface area contributed by atoms with Crippen molar-refractivity contribution in [1.29, 1.82) is 0 Å². The molecule has 0 fully saturated rings. The zero-order chi connectivity index (χ0) is 24.1. The van der Waals surface area contributed by atoms with Crippen molar-refractivity contribution in [2.24, 2.45) is 0 Å². The molecule has 0 unspecified atom stereocenters. The van der Waals surface area contributed by atoms with Crippen LogP contribution in [0.1, 0.15) is 11.4 Å². The molecule has 172 valence electrons. The lowest BCUT2D eigenvalue weighted by Crippen LogP contribution is -2.33. The Morgan fingerprint density at radius 2 is 1.74 bits per heavy atom. The lowest BCUT2D eigenvalue weighted by Gasteiger charge is -2.14. The van der Waals surface area contributed by atoms with E-state index in [1.165, 1.54) is 0 Å². The monoisotopic (exact) mass is 495 g/mol. The Balaban J connectivity index is 1.53. The number of halogens is 2. The quantitative estimate of drug-likeness (QED) is 0.382. The van der Waals surface area contributed by atoms with Crippen LogP contribution in [-0.4, -0.2) is 33.5 Å². The third kappa shape index (κ3) is 5.59. The molecule has 8 nitrogen and oxygen atoms in total. The maximum atomic E-state index is 12.6. The van der Waals surface area contributed by atoms with Crippen LogP contribution in [-0.2, 0) is 16.1 Å². The number of hydrogen-bond donors (Lipinski definition) is 2. The Bertz CT molecular complexity index is 1350. The Morgan fingerprint density at radius 1 is 1.00 bits per heavy atom. The molecular formula is C24H19Cl2N5O3. The molecule has 2 amide bonds. The molecule has 2 aromatic heterocycles. The number of ether oxygens (including phenoxy) is 1. The van der Waals surface area contributed by atoms with E-state index in [0.29, 0.717) is 38.0 Å². The van der Waals surface area contributed by atoms with Crippen LogP contribution in [0.15, 0.2) is 60.8 Å². The number of anilines is 1. The fourth-order valence-electron chi connectivity index (χ4n) is 3.19. The number of nitrogens with one attached hydrogen (secondary N) is 2. The molecule has 0 saturated heterocycles. The summed E-state index contributed by atoms with van der Waals surface area (Å²) in [5.74, 6) is 0.215. The van der Waals surface area contributed by atoms with E-state index >= 15 is 0 Å². The number of fused-ring (bicyclic) bond motifs is 1. The third-order valence-electron chi connectivity index (χ3n) is 4.78. The summed E-state index contributed by atoms with van der Waals surface area (Å²) in [6, 6.07) is 16.1. The molecule has 0 atom stereocenters. The number of benzene rings is 2. The Labute approximate surface area is 205 Å². The van der Waals surface area contributed by atoms with Gasteiger partial charge in [-0.15, -0.1) is 0 Å². The Kier molecular flexibility index (Phi) is 7.20. The van der Waals surface area contributed by atoms with Gasteiger partial charge in [0, 0.05) is 22.7 Å². The summed E-state index contributed by atoms with van der Waals surface area (Å²) in [5, 5.41) is 6.56. The van der Waals surface area contributed by atoms with Gasteiger partial charge in [0.25, 0.3) is 0 Å². The van der Waals surface area contributed by atoms with Crippen LogP contribution in [0.3, 0.4) is 0 Å². The highest BCUT2D eigenvalue weighted by Gasteiger charge is 2.18. The molecule has 0 spiro atoms. The molecule has 2 heterocycles. The van der Waals surface area contributed by atoms with E-state index in [2.05, 4.69) is 25.6 Å². The summed E-state index contributed by atoms with van der Waals surface area (Å²) in [6.07, 6.45) is 0.914. The molecule has 0 aliphatic rings. The standard InChI is InChI=1S/C24H19Cl2N5O3/c1-14-27-11-16-10-17(21-18(25)8-5-9-19(21)26)23(31-22(16)29-14)30-20(32)12-28-24(33)34-13-15-6-3-2-4-7-15/h2-11H,12-13H2,1H3,(H,28,33)(H,27,29,30,31,32). The zero-order valence-corrected chi connectivity index (χ0v) is 19.5. The number of rotatable bonds is 6. The van der Waals surface area contributed by atoms with Crippen molar-refractivity contribution in [2.75, 3.05) is 11.9 Å². The van der Waals surface area contributed by atoms with Gasteiger partial charge in [-0.05, 0) is 30.7 Å². The SMILES string of the molecule is Cc1ncc2cc(-c3c(Cl)cccc3Cl)c(NC(=O)CNC(=O)OCc3ccccc3)nc2n1. The second kappa shape index (κ2) is 10.5. The molecule has 34 heavy (non-hydrogen) atoms. The summed E-state index contributed by atoms with van der Waals surface area (Å²) in [7, 11) is 0. The molecule has 0 radical (unpaired) electrons. The van der Waals surface area contributed by atoms with E-state index in [9.17, 15) is 9.59 Å². The number of aromatic nitrogens is 3. The number of carbonyl (C=O) groups is 2. The van der Waals surface area contributed by atoms with Crippen molar-refractivity contribution in [3.8, 4) is 11.1 Å². The Morgan fingerprint density at radius 3 is 2.47 bits per heavy atom. The highest BCUT2D eigenvalue weighted by molar-refractivity contribution is 6.39. The number of hydrogen-bond acceptors (Lipinski definition) is 6. The van der Waals surface area contributed by atoms with Crippen molar-refractivity contribution in [2.45, 2.75) is 13.5 Å². The first kappa shape index (κ1) is 23.4. The van der Waals surface area contributed by atoms with Gasteiger partial charge in [-0.1, -0.05) is 59.6 Å². The van der Waals surface area contributed by atoms with Crippen LogP contribution in [0, 0.1) is 6.92 Å². The smallest absolute Gasteiger partial charge is 0.407 e. The molecule has 0 aliphatic carbocycles. The van der Waals surface area contributed by atoms with Crippen LogP contribution < -0.4 is 10.6 Å². The van der Waals surface area contributed by atoms with Gasteiger partial charge < -0.3 is 15.4 Å². The van der Waals surface area contributed by atoms with Crippen molar-refractivity contribution >= 4 is 52.1 Å². The van der Waals surface area contributed by atoms with Gasteiger partial charge >= 0.3 is 6.09 Å². The largest absolute Gasteiger partial charge is 0.445 e. The van der Waals surface area contributed by atoms with Gasteiger partial charge in [0.05, 0.1) is 10.0 Å². The molecular weight excluding hydrogens is 477 g/mol. The number of alkyl carbamates (subject to hydrolysis) is 1. The minimum Gasteiger partial charge on any atom is -0.445 e. The van der Waals surface area contributed by atoms with Gasteiger partial charge in [0.2, 0.25) is 5.91 Å². The molecule has 4 rings (SSSR count). The molecule has 2 aromatic carbocycles. The fraction of sp³-hybridized carbons (Fsp3) is 0.125. The average Bonchev–Trinajstić information content (AvgIpc) is 2.82. The van der Waals surface area contributed by atoms with Crippen LogP contribution in [0.4, 0.5) is 10.6 Å². The van der Waals surface area contributed by atoms with E-state index in [4.69, 9.17) is 27.9 Å².